The molecule has 0 amide bonds. The summed E-state index contributed by atoms with van der Waals surface area (Å²) in [5, 5.41) is 11.5. The minimum absolute atomic E-state index is 0.314. The summed E-state index contributed by atoms with van der Waals surface area (Å²) in [5.74, 6) is 2.68. The van der Waals surface area contributed by atoms with E-state index in [1.165, 1.54) is 13.1 Å². The summed E-state index contributed by atoms with van der Waals surface area (Å²) in [6.07, 6.45) is 1.96. The van der Waals surface area contributed by atoms with Crippen LogP contribution in [-0.4, -0.2) is 96.5 Å². The molecule has 1 fully saturated rings. The van der Waals surface area contributed by atoms with E-state index in [9.17, 15) is 0 Å². The highest BCUT2D eigenvalue weighted by atomic mass is 16.5. The van der Waals surface area contributed by atoms with Crippen LogP contribution >= 0.6 is 0 Å². The molecule has 0 spiro atoms. The number of hydrogen-bond donors (Lipinski definition) is 2. The molecule has 3 rings (SSSR count). The topological polar surface area (TPSA) is 82.8 Å². The van der Waals surface area contributed by atoms with Crippen molar-refractivity contribution in [3.05, 3.63) is 11.6 Å². The highest BCUT2D eigenvalue weighted by Gasteiger charge is 2.22. The Bertz CT molecular complexity index is 609. The van der Waals surface area contributed by atoms with Crippen LogP contribution in [0.4, 0.5) is 0 Å². The van der Waals surface area contributed by atoms with Gasteiger partial charge in [-0.15, -0.1) is 0 Å². The first kappa shape index (κ1) is 20.0. The van der Waals surface area contributed by atoms with Gasteiger partial charge in [-0.05, 0) is 13.0 Å². The van der Waals surface area contributed by atoms with Gasteiger partial charge >= 0.3 is 0 Å². The molecule has 0 bridgehead atoms. The van der Waals surface area contributed by atoms with Gasteiger partial charge in [-0.3, -0.25) is 9.89 Å². The number of aryl methyl sites for hydroxylation is 1. The third-order valence-corrected chi connectivity index (χ3v) is 5.37. The number of nitrogens with zero attached hydrogens (tertiary/aromatic N) is 6. The fourth-order valence-electron chi connectivity index (χ4n) is 3.72. The summed E-state index contributed by atoms with van der Waals surface area (Å²) >= 11 is 0. The highest BCUT2D eigenvalue weighted by molar-refractivity contribution is 5.79. The van der Waals surface area contributed by atoms with Crippen LogP contribution in [0.5, 0.6) is 0 Å². The fraction of sp³-hybridized carbons (Fsp3) is 0.833. The molecule has 2 aliphatic rings. The monoisotopic (exact) mass is 378 g/mol. The van der Waals surface area contributed by atoms with Crippen LogP contribution in [0.3, 0.4) is 0 Å². The Kier molecular flexibility index (Phi) is 7.42. The normalized spacial score (nSPS) is 21.9. The Morgan fingerprint density at radius 1 is 1.26 bits per heavy atom. The van der Waals surface area contributed by atoms with Crippen LogP contribution in [0.15, 0.2) is 4.99 Å². The number of ether oxygens (including phenoxy) is 1. The summed E-state index contributed by atoms with van der Waals surface area (Å²) < 4.78 is 7.13. The Morgan fingerprint density at radius 2 is 2.04 bits per heavy atom. The molecule has 3 heterocycles. The molecule has 1 aromatic heterocycles. The number of piperazine rings is 1. The zero-order valence-electron chi connectivity index (χ0n) is 16.9. The molecule has 1 aromatic rings. The van der Waals surface area contributed by atoms with Crippen LogP contribution in [0, 0.1) is 0 Å². The van der Waals surface area contributed by atoms with Crippen LogP contribution in [0.2, 0.25) is 0 Å². The smallest absolute Gasteiger partial charge is 0.191 e. The lowest BCUT2D eigenvalue weighted by molar-refractivity contribution is 0.139. The summed E-state index contributed by atoms with van der Waals surface area (Å²) in [5.41, 5.74) is 0. The number of methoxy groups -OCH3 is 1. The van der Waals surface area contributed by atoms with Crippen molar-refractivity contribution in [2.75, 3.05) is 60.0 Å². The third kappa shape index (κ3) is 5.63. The van der Waals surface area contributed by atoms with Gasteiger partial charge in [-0.2, -0.15) is 5.10 Å². The molecule has 1 unspecified atom stereocenters. The van der Waals surface area contributed by atoms with E-state index < -0.39 is 0 Å². The number of aromatic nitrogens is 3. The molecule has 1 saturated heterocycles. The van der Waals surface area contributed by atoms with Crippen molar-refractivity contribution < 1.29 is 4.74 Å². The average molecular weight is 379 g/mol. The van der Waals surface area contributed by atoms with Crippen LogP contribution in [-0.2, 0) is 24.3 Å². The van der Waals surface area contributed by atoms with E-state index in [1.54, 1.807) is 7.11 Å². The fourth-order valence-corrected chi connectivity index (χ4v) is 3.72. The van der Waals surface area contributed by atoms with Crippen molar-refractivity contribution in [3.63, 3.8) is 0 Å². The zero-order chi connectivity index (χ0) is 19.1. The number of likely N-dealkylation sites (N-methyl/N-ethyl adjacent to an activating group) is 1. The van der Waals surface area contributed by atoms with E-state index in [2.05, 4.69) is 42.4 Å². The van der Waals surface area contributed by atoms with E-state index >= 15 is 0 Å². The molecular formula is C18H34N8O. The Balaban J connectivity index is 1.40. The average Bonchev–Trinajstić information content (AvgIpc) is 3.09. The molecule has 0 aromatic carbocycles. The van der Waals surface area contributed by atoms with Gasteiger partial charge in [0.1, 0.15) is 12.4 Å². The van der Waals surface area contributed by atoms with Gasteiger partial charge in [-0.25, -0.2) is 9.67 Å². The van der Waals surface area contributed by atoms with Gasteiger partial charge in [0.15, 0.2) is 11.8 Å². The first-order valence-electron chi connectivity index (χ1n) is 10.0. The Hall–Kier alpha value is -1.71. The Morgan fingerprint density at radius 3 is 2.74 bits per heavy atom. The van der Waals surface area contributed by atoms with Gasteiger partial charge in [0.2, 0.25) is 0 Å². The number of rotatable bonds is 7. The second-order valence-corrected chi connectivity index (χ2v) is 7.21. The molecule has 1 atom stereocenters. The molecule has 2 aliphatic heterocycles. The van der Waals surface area contributed by atoms with Gasteiger partial charge in [-0.1, -0.05) is 6.92 Å². The minimum Gasteiger partial charge on any atom is -0.377 e. The molecule has 0 radical (unpaired) electrons. The van der Waals surface area contributed by atoms with Crippen molar-refractivity contribution in [2.24, 2.45) is 4.99 Å². The maximum atomic E-state index is 5.13. The van der Waals surface area contributed by atoms with E-state index in [0.717, 1.165) is 69.7 Å². The van der Waals surface area contributed by atoms with Crippen molar-refractivity contribution in [1.82, 2.24) is 35.2 Å². The van der Waals surface area contributed by atoms with Crippen molar-refractivity contribution in [2.45, 2.75) is 39.0 Å². The summed E-state index contributed by atoms with van der Waals surface area (Å²) in [7, 11) is 3.50. The Labute approximate surface area is 162 Å². The molecule has 27 heavy (non-hydrogen) atoms. The molecule has 2 N–H and O–H groups in total. The van der Waals surface area contributed by atoms with Gasteiger partial charge in [0, 0.05) is 65.9 Å². The lowest BCUT2D eigenvalue weighted by Gasteiger charge is -2.34. The number of hydrogen-bond acceptors (Lipinski definition) is 6. The van der Waals surface area contributed by atoms with Crippen LogP contribution in [0.25, 0.3) is 0 Å². The standard InChI is InChI=1S/C18H34N8O/c1-4-24-9-11-25(12-10-24)8-7-20-18(19-2)21-15-5-6-17-22-16(14-27-3)23-26(17)13-15/h15H,4-14H2,1-3H3,(H2,19,20,21). The first-order valence-corrected chi connectivity index (χ1v) is 10.0. The summed E-state index contributed by atoms with van der Waals surface area (Å²) in [4.78, 5) is 13.9. The number of guanidine groups is 1. The predicted octanol–water partition coefficient (Wildman–Crippen LogP) is -0.458. The summed E-state index contributed by atoms with van der Waals surface area (Å²) in [6.45, 7) is 11.3. The van der Waals surface area contributed by atoms with Gasteiger partial charge in [0.25, 0.3) is 0 Å². The van der Waals surface area contributed by atoms with E-state index in [4.69, 9.17) is 4.74 Å². The predicted molar refractivity (Wildman–Crippen MR) is 106 cm³/mol. The maximum absolute atomic E-state index is 5.13. The summed E-state index contributed by atoms with van der Waals surface area (Å²) in [6, 6.07) is 0.314. The van der Waals surface area contributed by atoms with Crippen molar-refractivity contribution in [3.8, 4) is 0 Å². The number of nitrogens with one attached hydrogen (secondary N) is 2. The molecule has 0 aliphatic carbocycles. The molecule has 9 nitrogen and oxygen atoms in total. The second-order valence-electron chi connectivity index (χ2n) is 7.21. The van der Waals surface area contributed by atoms with Crippen molar-refractivity contribution in [1.29, 1.82) is 0 Å². The largest absolute Gasteiger partial charge is 0.377 e. The number of fused-ring (bicyclic) bond motifs is 1. The number of aliphatic imine (C=N–C) groups is 1. The second kappa shape index (κ2) is 10.0. The SMILES string of the molecule is CCN1CCN(CCNC(=NC)NC2CCc3nc(COC)nn3C2)CC1. The van der Waals surface area contributed by atoms with Gasteiger partial charge < -0.3 is 20.3 Å². The molecule has 0 saturated carbocycles. The molecule has 9 heteroatoms. The first-order chi connectivity index (χ1) is 13.2. The lowest BCUT2D eigenvalue weighted by atomic mass is 10.1. The van der Waals surface area contributed by atoms with Crippen LogP contribution < -0.4 is 10.6 Å². The zero-order valence-corrected chi connectivity index (χ0v) is 16.9. The minimum atomic E-state index is 0.314. The maximum Gasteiger partial charge on any atom is 0.191 e. The quantitative estimate of drug-likeness (QED) is 0.491. The molecular weight excluding hydrogens is 344 g/mol. The third-order valence-electron chi connectivity index (χ3n) is 5.37. The van der Waals surface area contributed by atoms with Gasteiger partial charge in [0.05, 0.1) is 6.54 Å². The van der Waals surface area contributed by atoms with E-state index in [1.807, 2.05) is 11.7 Å². The van der Waals surface area contributed by atoms with E-state index in [0.29, 0.717) is 12.6 Å². The van der Waals surface area contributed by atoms with Crippen LogP contribution in [0.1, 0.15) is 25.0 Å². The van der Waals surface area contributed by atoms with E-state index in [-0.39, 0.29) is 0 Å². The lowest BCUT2D eigenvalue weighted by Crippen LogP contribution is -2.51. The highest BCUT2D eigenvalue weighted by Crippen LogP contribution is 2.13. The molecule has 152 valence electrons. The van der Waals surface area contributed by atoms with Crippen molar-refractivity contribution >= 4 is 5.96 Å².